The molecular formula is C17H17ClN2OS. The number of benzene rings is 1. The van der Waals surface area contributed by atoms with E-state index in [0.717, 1.165) is 22.6 Å². The molecule has 5 heteroatoms. The molecule has 2 heterocycles. The molecule has 1 aromatic carbocycles. The third kappa shape index (κ3) is 2.94. The Labute approximate surface area is 139 Å². The zero-order chi connectivity index (χ0) is 15.7. The van der Waals surface area contributed by atoms with Gasteiger partial charge in [0.1, 0.15) is 0 Å². The average molecular weight is 333 g/mol. The van der Waals surface area contributed by atoms with Gasteiger partial charge in [-0.1, -0.05) is 30.7 Å². The minimum atomic E-state index is -0.0397. The van der Waals surface area contributed by atoms with E-state index in [2.05, 4.69) is 23.5 Å². The first-order valence-corrected chi connectivity index (χ1v) is 8.54. The molecule has 0 spiro atoms. The molecule has 2 aromatic rings. The molecule has 1 aromatic heterocycles. The Balaban J connectivity index is 1.93. The Morgan fingerprint density at radius 1 is 1.41 bits per heavy atom. The highest BCUT2D eigenvalue weighted by Gasteiger charge is 2.32. The summed E-state index contributed by atoms with van der Waals surface area (Å²) in [6, 6.07) is 9.75. The van der Waals surface area contributed by atoms with Crippen molar-refractivity contribution in [3.8, 4) is 0 Å². The van der Waals surface area contributed by atoms with Crippen LogP contribution in [0.2, 0.25) is 5.02 Å². The molecule has 114 valence electrons. The van der Waals surface area contributed by atoms with Gasteiger partial charge in [0.05, 0.1) is 16.6 Å². The summed E-state index contributed by atoms with van der Waals surface area (Å²) < 4.78 is 0. The van der Waals surface area contributed by atoms with Gasteiger partial charge in [-0.15, -0.1) is 11.3 Å². The Hall–Kier alpha value is -1.65. The number of carbonyl (C=O) groups excluding carboxylic acids is 1. The minimum Gasteiger partial charge on any atom is -0.273 e. The molecule has 0 aliphatic carbocycles. The standard InChI is InChI=1S/C17H17ClN2OS/c1-3-17(21)20-15(12-4-6-13(18)7-5-12)9-14(19-20)16-8-11(2)10-22-16/h4-8,10,15H,3,9H2,1-2H3. The molecule has 1 amide bonds. The monoisotopic (exact) mass is 332 g/mol. The zero-order valence-electron chi connectivity index (χ0n) is 12.5. The van der Waals surface area contributed by atoms with Gasteiger partial charge < -0.3 is 0 Å². The molecule has 3 nitrogen and oxygen atoms in total. The van der Waals surface area contributed by atoms with Crippen molar-refractivity contribution < 1.29 is 4.79 Å². The maximum atomic E-state index is 12.2. The van der Waals surface area contributed by atoms with Crippen LogP contribution >= 0.6 is 22.9 Å². The first kappa shape index (κ1) is 15.3. The van der Waals surface area contributed by atoms with Crippen molar-refractivity contribution in [1.82, 2.24) is 5.01 Å². The molecule has 1 unspecified atom stereocenters. The van der Waals surface area contributed by atoms with E-state index in [4.69, 9.17) is 11.6 Å². The highest BCUT2D eigenvalue weighted by Crippen LogP contribution is 2.34. The molecule has 0 N–H and O–H groups in total. The Morgan fingerprint density at radius 3 is 2.73 bits per heavy atom. The maximum absolute atomic E-state index is 12.2. The highest BCUT2D eigenvalue weighted by atomic mass is 35.5. The Bertz CT molecular complexity index is 721. The van der Waals surface area contributed by atoms with E-state index in [-0.39, 0.29) is 11.9 Å². The summed E-state index contributed by atoms with van der Waals surface area (Å²) in [5.41, 5.74) is 3.28. The molecule has 1 atom stereocenters. The van der Waals surface area contributed by atoms with Crippen molar-refractivity contribution in [2.75, 3.05) is 0 Å². The van der Waals surface area contributed by atoms with Crippen LogP contribution < -0.4 is 0 Å². The van der Waals surface area contributed by atoms with E-state index in [1.165, 1.54) is 5.56 Å². The lowest BCUT2D eigenvalue weighted by molar-refractivity contribution is -0.132. The molecule has 1 aliphatic rings. The fourth-order valence-corrected chi connectivity index (χ4v) is 3.60. The normalized spacial score (nSPS) is 17.7. The van der Waals surface area contributed by atoms with Crippen LogP contribution in [0.4, 0.5) is 0 Å². The lowest BCUT2D eigenvalue weighted by Gasteiger charge is -2.21. The second-order valence-corrected chi connectivity index (χ2v) is 6.75. The second-order valence-electron chi connectivity index (χ2n) is 5.40. The lowest BCUT2D eigenvalue weighted by Crippen LogP contribution is -2.26. The van der Waals surface area contributed by atoms with Crippen LogP contribution in [0.1, 0.15) is 41.8 Å². The van der Waals surface area contributed by atoms with E-state index in [9.17, 15) is 4.79 Å². The molecule has 0 saturated heterocycles. The molecule has 0 fully saturated rings. The minimum absolute atomic E-state index is 0.0397. The van der Waals surface area contributed by atoms with Gasteiger partial charge >= 0.3 is 0 Å². The zero-order valence-corrected chi connectivity index (χ0v) is 14.1. The van der Waals surface area contributed by atoms with Crippen molar-refractivity contribution in [3.05, 3.63) is 56.7 Å². The number of amides is 1. The summed E-state index contributed by atoms with van der Waals surface area (Å²) in [6.07, 6.45) is 1.19. The van der Waals surface area contributed by atoms with Gasteiger partial charge in [-0.2, -0.15) is 5.10 Å². The maximum Gasteiger partial charge on any atom is 0.242 e. The van der Waals surface area contributed by atoms with E-state index in [0.29, 0.717) is 11.4 Å². The van der Waals surface area contributed by atoms with Crippen molar-refractivity contribution >= 4 is 34.6 Å². The van der Waals surface area contributed by atoms with E-state index in [1.54, 1.807) is 16.3 Å². The van der Waals surface area contributed by atoms with Crippen LogP contribution in [-0.2, 0) is 4.79 Å². The molecule has 3 rings (SSSR count). The fourth-order valence-electron chi connectivity index (χ4n) is 2.58. The van der Waals surface area contributed by atoms with Crippen LogP contribution in [-0.4, -0.2) is 16.6 Å². The molecular weight excluding hydrogens is 316 g/mol. The highest BCUT2D eigenvalue weighted by molar-refractivity contribution is 7.12. The smallest absolute Gasteiger partial charge is 0.242 e. The molecule has 22 heavy (non-hydrogen) atoms. The summed E-state index contributed by atoms with van der Waals surface area (Å²) in [6.45, 7) is 3.94. The number of rotatable bonds is 3. The Kier molecular flexibility index (Phi) is 4.32. The number of aryl methyl sites for hydroxylation is 1. The van der Waals surface area contributed by atoms with Gasteiger partial charge in [-0.25, -0.2) is 5.01 Å². The number of hydrogen-bond donors (Lipinski definition) is 0. The number of carbonyl (C=O) groups is 1. The summed E-state index contributed by atoms with van der Waals surface area (Å²) in [5, 5.41) is 9.04. The summed E-state index contributed by atoms with van der Waals surface area (Å²) in [4.78, 5) is 13.4. The van der Waals surface area contributed by atoms with Crippen LogP contribution in [0.15, 0.2) is 40.8 Å². The lowest BCUT2D eigenvalue weighted by atomic mass is 10.0. The SMILES string of the molecule is CCC(=O)N1N=C(c2cc(C)cs2)CC1c1ccc(Cl)cc1. The molecule has 0 radical (unpaired) electrons. The van der Waals surface area contributed by atoms with Crippen molar-refractivity contribution in [3.63, 3.8) is 0 Å². The van der Waals surface area contributed by atoms with Gasteiger partial charge in [-0.05, 0) is 41.6 Å². The van der Waals surface area contributed by atoms with Crippen LogP contribution in [0.5, 0.6) is 0 Å². The number of thiophene rings is 1. The first-order valence-electron chi connectivity index (χ1n) is 7.29. The number of hydrogen-bond acceptors (Lipinski definition) is 3. The van der Waals surface area contributed by atoms with E-state index in [1.807, 2.05) is 31.2 Å². The average Bonchev–Trinajstić information content (AvgIpc) is 3.13. The molecule has 0 bridgehead atoms. The van der Waals surface area contributed by atoms with Gasteiger partial charge in [0, 0.05) is 17.9 Å². The van der Waals surface area contributed by atoms with Crippen molar-refractivity contribution in [2.24, 2.45) is 5.10 Å². The van der Waals surface area contributed by atoms with Gasteiger partial charge in [0.15, 0.2) is 0 Å². The van der Waals surface area contributed by atoms with Gasteiger partial charge in [-0.3, -0.25) is 4.79 Å². The number of hydrazone groups is 1. The van der Waals surface area contributed by atoms with Crippen molar-refractivity contribution in [1.29, 1.82) is 0 Å². The summed E-state index contributed by atoms with van der Waals surface area (Å²) in [5.74, 6) is 0.0447. The predicted molar refractivity (Wildman–Crippen MR) is 91.5 cm³/mol. The third-order valence-electron chi connectivity index (χ3n) is 3.74. The Morgan fingerprint density at radius 2 is 2.14 bits per heavy atom. The summed E-state index contributed by atoms with van der Waals surface area (Å²) >= 11 is 7.64. The summed E-state index contributed by atoms with van der Waals surface area (Å²) in [7, 11) is 0. The topological polar surface area (TPSA) is 32.7 Å². The predicted octanol–water partition coefficient (Wildman–Crippen LogP) is 4.80. The number of halogens is 1. The van der Waals surface area contributed by atoms with Gasteiger partial charge in [0.25, 0.3) is 0 Å². The second kappa shape index (κ2) is 6.23. The van der Waals surface area contributed by atoms with E-state index < -0.39 is 0 Å². The quantitative estimate of drug-likeness (QED) is 0.794. The van der Waals surface area contributed by atoms with Crippen LogP contribution in [0.25, 0.3) is 0 Å². The first-order chi connectivity index (χ1) is 10.6. The fraction of sp³-hybridized carbons (Fsp3) is 0.294. The third-order valence-corrected chi connectivity index (χ3v) is 5.09. The van der Waals surface area contributed by atoms with Crippen molar-refractivity contribution in [2.45, 2.75) is 32.7 Å². The molecule has 0 saturated carbocycles. The largest absolute Gasteiger partial charge is 0.273 e. The van der Waals surface area contributed by atoms with E-state index >= 15 is 0 Å². The van der Waals surface area contributed by atoms with Crippen LogP contribution in [0, 0.1) is 6.92 Å². The van der Waals surface area contributed by atoms with Gasteiger partial charge in [0.2, 0.25) is 5.91 Å². The number of nitrogens with zero attached hydrogens (tertiary/aromatic N) is 2. The molecule has 1 aliphatic heterocycles. The van der Waals surface area contributed by atoms with Crippen LogP contribution in [0.3, 0.4) is 0 Å².